The maximum atomic E-state index is 5.71. The molecule has 1 aromatic carbocycles. The smallest absolute Gasteiger partial charge is 0.119 e. The van der Waals surface area contributed by atoms with E-state index >= 15 is 0 Å². The van der Waals surface area contributed by atoms with Gasteiger partial charge in [0, 0.05) is 4.90 Å². The van der Waals surface area contributed by atoms with Crippen molar-refractivity contribution in [3.05, 3.63) is 24.3 Å². The Labute approximate surface area is 115 Å². The molecular weight excluding hydrogens is 242 g/mol. The molecule has 18 heavy (non-hydrogen) atoms. The molecule has 0 aromatic heterocycles. The van der Waals surface area contributed by atoms with Gasteiger partial charge in [-0.15, -0.1) is 11.8 Å². The van der Waals surface area contributed by atoms with E-state index in [1.165, 1.54) is 11.3 Å². The quantitative estimate of drug-likeness (QED) is 0.572. The highest BCUT2D eigenvalue weighted by atomic mass is 32.2. The Morgan fingerprint density at radius 3 is 2.39 bits per heavy atom. The molecule has 0 spiro atoms. The fourth-order valence-electron chi connectivity index (χ4n) is 1.67. The van der Waals surface area contributed by atoms with Gasteiger partial charge in [-0.2, -0.15) is 0 Å². The van der Waals surface area contributed by atoms with Gasteiger partial charge < -0.3 is 10.5 Å². The van der Waals surface area contributed by atoms with Gasteiger partial charge in [-0.3, -0.25) is 0 Å². The van der Waals surface area contributed by atoms with Gasteiger partial charge in [0.25, 0.3) is 0 Å². The highest BCUT2D eigenvalue weighted by molar-refractivity contribution is 7.98. The van der Waals surface area contributed by atoms with Crippen molar-refractivity contribution in [1.82, 2.24) is 0 Å². The molecular formula is C15H25NOS. The molecule has 0 amide bonds. The first-order valence-corrected chi connectivity index (χ1v) is 7.77. The fraction of sp³-hybridized carbons (Fsp3) is 0.600. The summed E-state index contributed by atoms with van der Waals surface area (Å²) in [4.78, 5) is 1.27. The molecule has 0 bridgehead atoms. The predicted octanol–water partition coefficient (Wildman–Crippen LogP) is 3.94. The highest BCUT2D eigenvalue weighted by Crippen LogP contribution is 2.22. The lowest BCUT2D eigenvalue weighted by atomic mass is 9.87. The maximum absolute atomic E-state index is 5.71. The lowest BCUT2D eigenvalue weighted by Crippen LogP contribution is -2.23. The van der Waals surface area contributed by atoms with E-state index < -0.39 is 0 Å². The molecule has 0 radical (unpaired) electrons. The van der Waals surface area contributed by atoms with Crippen LogP contribution in [0.25, 0.3) is 0 Å². The van der Waals surface area contributed by atoms with Gasteiger partial charge in [0.15, 0.2) is 0 Å². The van der Waals surface area contributed by atoms with Crippen molar-refractivity contribution in [3.8, 4) is 5.75 Å². The van der Waals surface area contributed by atoms with Crippen LogP contribution in [0.2, 0.25) is 0 Å². The van der Waals surface area contributed by atoms with Gasteiger partial charge in [-0.1, -0.05) is 13.8 Å². The Hall–Kier alpha value is -0.670. The van der Waals surface area contributed by atoms with Crippen LogP contribution in [0.5, 0.6) is 5.75 Å². The summed E-state index contributed by atoms with van der Waals surface area (Å²) in [6, 6.07) is 8.26. The molecule has 0 aliphatic heterocycles. The van der Waals surface area contributed by atoms with Crippen LogP contribution < -0.4 is 10.5 Å². The van der Waals surface area contributed by atoms with E-state index in [0.29, 0.717) is 0 Å². The molecule has 2 N–H and O–H groups in total. The van der Waals surface area contributed by atoms with Crippen LogP contribution in [0.4, 0.5) is 0 Å². The third-order valence-electron chi connectivity index (χ3n) is 3.13. The lowest BCUT2D eigenvalue weighted by molar-refractivity contribution is 0.278. The van der Waals surface area contributed by atoms with Gasteiger partial charge in [-0.05, 0) is 61.7 Å². The molecule has 0 aliphatic carbocycles. The van der Waals surface area contributed by atoms with E-state index in [1.807, 2.05) is 12.1 Å². The van der Waals surface area contributed by atoms with Crippen LogP contribution in [0, 0.1) is 5.41 Å². The zero-order valence-electron chi connectivity index (χ0n) is 11.7. The van der Waals surface area contributed by atoms with Crippen molar-refractivity contribution in [1.29, 1.82) is 0 Å². The number of ether oxygens (including phenoxy) is 1. The lowest BCUT2D eigenvalue weighted by Gasteiger charge is -2.21. The Bertz CT molecular complexity index is 335. The van der Waals surface area contributed by atoms with Crippen molar-refractivity contribution in [2.75, 3.05) is 19.4 Å². The average Bonchev–Trinajstić information content (AvgIpc) is 2.39. The number of nitrogens with two attached hydrogens (primary N) is 1. The SMILES string of the molecule is CSc1ccc(OCCCCC(C)(C)CN)cc1. The van der Waals surface area contributed by atoms with E-state index in [4.69, 9.17) is 10.5 Å². The topological polar surface area (TPSA) is 35.2 Å². The first-order valence-electron chi connectivity index (χ1n) is 6.54. The molecule has 3 heteroatoms. The van der Waals surface area contributed by atoms with E-state index in [0.717, 1.165) is 31.7 Å². The zero-order chi connectivity index (χ0) is 13.4. The molecule has 0 saturated carbocycles. The van der Waals surface area contributed by atoms with Gasteiger partial charge in [0.1, 0.15) is 5.75 Å². The predicted molar refractivity (Wildman–Crippen MR) is 80.4 cm³/mol. The van der Waals surface area contributed by atoms with Crippen molar-refractivity contribution in [2.24, 2.45) is 11.1 Å². The molecule has 0 aliphatic rings. The van der Waals surface area contributed by atoms with Gasteiger partial charge in [-0.25, -0.2) is 0 Å². The van der Waals surface area contributed by atoms with Crippen LogP contribution in [0.3, 0.4) is 0 Å². The Morgan fingerprint density at radius 2 is 1.83 bits per heavy atom. The minimum Gasteiger partial charge on any atom is -0.494 e. The number of benzene rings is 1. The fourth-order valence-corrected chi connectivity index (χ4v) is 2.08. The largest absolute Gasteiger partial charge is 0.494 e. The standard InChI is InChI=1S/C15H25NOS/c1-15(2,12-16)10-4-5-11-17-13-6-8-14(18-3)9-7-13/h6-9H,4-5,10-12,16H2,1-3H3. The van der Waals surface area contributed by atoms with Crippen molar-refractivity contribution >= 4 is 11.8 Å². The van der Waals surface area contributed by atoms with Gasteiger partial charge in [0.2, 0.25) is 0 Å². The molecule has 0 atom stereocenters. The molecule has 2 nitrogen and oxygen atoms in total. The maximum Gasteiger partial charge on any atom is 0.119 e. The second-order valence-electron chi connectivity index (χ2n) is 5.35. The summed E-state index contributed by atoms with van der Waals surface area (Å²) in [5, 5.41) is 0. The highest BCUT2D eigenvalue weighted by Gasteiger charge is 2.14. The first-order chi connectivity index (χ1) is 8.57. The van der Waals surface area contributed by atoms with Crippen LogP contribution in [0.1, 0.15) is 33.1 Å². The number of rotatable bonds is 8. The van der Waals surface area contributed by atoms with Gasteiger partial charge >= 0.3 is 0 Å². The summed E-state index contributed by atoms with van der Waals surface area (Å²) in [7, 11) is 0. The Morgan fingerprint density at radius 1 is 1.17 bits per heavy atom. The summed E-state index contributed by atoms with van der Waals surface area (Å²) in [6.07, 6.45) is 5.51. The van der Waals surface area contributed by atoms with E-state index in [9.17, 15) is 0 Å². The number of hydrogen-bond acceptors (Lipinski definition) is 3. The minimum absolute atomic E-state index is 0.264. The van der Waals surface area contributed by atoms with Crippen molar-refractivity contribution in [3.63, 3.8) is 0 Å². The van der Waals surface area contributed by atoms with Crippen LogP contribution in [-0.4, -0.2) is 19.4 Å². The normalized spacial score (nSPS) is 11.6. The number of thioether (sulfide) groups is 1. The Kier molecular flexibility index (Phi) is 6.58. The van der Waals surface area contributed by atoms with Crippen molar-refractivity contribution in [2.45, 2.75) is 38.0 Å². The van der Waals surface area contributed by atoms with Crippen molar-refractivity contribution < 1.29 is 4.74 Å². The molecule has 1 aromatic rings. The monoisotopic (exact) mass is 267 g/mol. The number of hydrogen-bond donors (Lipinski definition) is 1. The summed E-state index contributed by atoms with van der Waals surface area (Å²) >= 11 is 1.75. The van der Waals surface area contributed by atoms with E-state index in [1.54, 1.807) is 11.8 Å². The molecule has 0 unspecified atom stereocenters. The summed E-state index contributed by atoms with van der Waals surface area (Å²) in [5.41, 5.74) is 5.97. The number of unbranched alkanes of at least 4 members (excludes halogenated alkanes) is 1. The molecule has 0 saturated heterocycles. The first kappa shape index (κ1) is 15.4. The summed E-state index contributed by atoms with van der Waals surface area (Å²) < 4.78 is 5.71. The summed E-state index contributed by atoms with van der Waals surface area (Å²) in [5.74, 6) is 0.964. The third kappa shape index (κ3) is 5.78. The van der Waals surface area contributed by atoms with Gasteiger partial charge in [0.05, 0.1) is 6.61 Å². The second-order valence-corrected chi connectivity index (χ2v) is 6.23. The molecule has 102 valence electrons. The average molecular weight is 267 g/mol. The minimum atomic E-state index is 0.264. The second kappa shape index (κ2) is 7.70. The molecule has 0 fully saturated rings. The third-order valence-corrected chi connectivity index (χ3v) is 3.87. The summed E-state index contributed by atoms with van der Waals surface area (Å²) in [6.45, 7) is 5.98. The molecule has 0 heterocycles. The Balaban J connectivity index is 2.17. The van der Waals surface area contributed by atoms with Crippen LogP contribution >= 0.6 is 11.8 Å². The van der Waals surface area contributed by atoms with E-state index in [2.05, 4.69) is 32.2 Å². The zero-order valence-corrected chi connectivity index (χ0v) is 12.6. The van der Waals surface area contributed by atoms with E-state index in [-0.39, 0.29) is 5.41 Å². The van der Waals surface area contributed by atoms with Crippen LogP contribution in [0.15, 0.2) is 29.2 Å². The molecule has 1 rings (SSSR count). The van der Waals surface area contributed by atoms with Crippen LogP contribution in [-0.2, 0) is 0 Å².